The molecule has 0 bridgehead atoms. The number of rotatable bonds is 20. The summed E-state index contributed by atoms with van der Waals surface area (Å²) in [6.07, 6.45) is 1.18. The van der Waals surface area contributed by atoms with Crippen molar-refractivity contribution in [2.24, 2.45) is 10.2 Å². The lowest BCUT2D eigenvalue weighted by Gasteiger charge is -2.28. The second-order valence-electron chi connectivity index (χ2n) is 6.84. The van der Waals surface area contributed by atoms with Crippen molar-refractivity contribution in [2.75, 3.05) is 52.7 Å². The highest BCUT2D eigenvalue weighted by Crippen LogP contribution is 2.18. The minimum atomic E-state index is -2.75. The first-order valence-electron chi connectivity index (χ1n) is 12.2. The van der Waals surface area contributed by atoms with E-state index in [1.165, 1.54) is 0 Å². The van der Waals surface area contributed by atoms with Gasteiger partial charge in [0.15, 0.2) is 0 Å². The van der Waals surface area contributed by atoms with Gasteiger partial charge < -0.3 is 37.2 Å². The molecular formula is C20H44N4O8Si2. The fourth-order valence-corrected chi connectivity index (χ4v) is 8.39. The van der Waals surface area contributed by atoms with E-state index in [1.807, 2.05) is 41.5 Å². The molecule has 0 spiro atoms. The molecule has 0 atom stereocenters. The van der Waals surface area contributed by atoms with Gasteiger partial charge in [0, 0.05) is 64.8 Å². The number of hydrogen-bond donors (Lipinski definition) is 2. The van der Waals surface area contributed by atoms with Crippen molar-refractivity contribution in [3.63, 3.8) is 0 Å². The van der Waals surface area contributed by atoms with Gasteiger partial charge in [0.1, 0.15) is 0 Å². The summed E-state index contributed by atoms with van der Waals surface area (Å²) in [5.41, 5.74) is 0. The highest BCUT2D eigenvalue weighted by atomic mass is 28.4. The lowest BCUT2D eigenvalue weighted by molar-refractivity contribution is 0.0700. The molecule has 14 heteroatoms. The topological polar surface area (TPSA) is 138 Å². The van der Waals surface area contributed by atoms with Crippen LogP contribution in [0.5, 0.6) is 0 Å². The minimum absolute atomic E-state index is 0.334. The molecule has 34 heavy (non-hydrogen) atoms. The number of amides is 4. The Balaban J connectivity index is 4.36. The molecule has 0 heterocycles. The van der Waals surface area contributed by atoms with E-state index in [-0.39, 0.29) is 0 Å². The van der Waals surface area contributed by atoms with Crippen LogP contribution in [0.4, 0.5) is 9.59 Å². The van der Waals surface area contributed by atoms with Crippen molar-refractivity contribution in [2.45, 2.75) is 66.5 Å². The smallest absolute Gasteiger partial charge is 0.374 e. The van der Waals surface area contributed by atoms with Crippen LogP contribution in [0.1, 0.15) is 54.4 Å². The SMILES string of the molecule is CCO[Si](CCCNC(=O)N=NC(=O)NCCC[Si](OCC)(OCC)OCC)(OCC)OCC. The Labute approximate surface area is 206 Å². The number of nitrogens with one attached hydrogen (secondary N) is 2. The first-order valence-corrected chi connectivity index (χ1v) is 16.0. The van der Waals surface area contributed by atoms with Crippen LogP contribution in [0, 0.1) is 0 Å². The van der Waals surface area contributed by atoms with Gasteiger partial charge in [-0.2, -0.15) is 0 Å². The highest BCUT2D eigenvalue weighted by Gasteiger charge is 2.40. The fourth-order valence-electron chi connectivity index (χ4n) is 3.16. The third-order valence-electron chi connectivity index (χ3n) is 4.29. The van der Waals surface area contributed by atoms with Crippen LogP contribution >= 0.6 is 0 Å². The summed E-state index contributed by atoms with van der Waals surface area (Å²) < 4.78 is 34.6. The maximum Gasteiger partial charge on any atom is 0.500 e. The molecule has 12 nitrogen and oxygen atoms in total. The Morgan fingerprint density at radius 3 is 1.06 bits per heavy atom. The van der Waals surface area contributed by atoms with E-state index in [1.54, 1.807) is 0 Å². The molecule has 0 fully saturated rings. The monoisotopic (exact) mass is 524 g/mol. The lowest BCUT2D eigenvalue weighted by atomic mass is 10.5. The van der Waals surface area contributed by atoms with Crippen LogP contribution in [0.15, 0.2) is 10.2 Å². The van der Waals surface area contributed by atoms with E-state index in [0.29, 0.717) is 77.7 Å². The van der Waals surface area contributed by atoms with Crippen LogP contribution in [0.25, 0.3) is 0 Å². The predicted octanol–water partition coefficient (Wildman–Crippen LogP) is 3.73. The third kappa shape index (κ3) is 14.2. The van der Waals surface area contributed by atoms with Gasteiger partial charge in [-0.3, -0.25) is 0 Å². The van der Waals surface area contributed by atoms with Crippen molar-refractivity contribution in [1.82, 2.24) is 10.6 Å². The van der Waals surface area contributed by atoms with E-state index < -0.39 is 29.7 Å². The van der Waals surface area contributed by atoms with E-state index >= 15 is 0 Å². The van der Waals surface area contributed by atoms with E-state index in [0.717, 1.165) is 0 Å². The summed E-state index contributed by atoms with van der Waals surface area (Å²) in [6.45, 7) is 15.0. The van der Waals surface area contributed by atoms with E-state index in [4.69, 9.17) is 26.6 Å². The molecule has 0 aliphatic carbocycles. The number of carbonyl (C=O) groups excluding carboxylic acids is 2. The third-order valence-corrected chi connectivity index (χ3v) is 10.6. The van der Waals surface area contributed by atoms with Crippen LogP contribution < -0.4 is 10.6 Å². The summed E-state index contributed by atoms with van der Waals surface area (Å²) in [4.78, 5) is 23.7. The van der Waals surface area contributed by atoms with Gasteiger partial charge in [-0.05, 0) is 54.4 Å². The van der Waals surface area contributed by atoms with Crippen molar-refractivity contribution < 1.29 is 36.1 Å². The maximum absolute atomic E-state index is 11.8. The number of hydrogen-bond acceptors (Lipinski definition) is 8. The average molecular weight is 525 g/mol. The Kier molecular flexibility index (Phi) is 19.2. The van der Waals surface area contributed by atoms with Gasteiger partial charge in [-0.25, -0.2) is 9.59 Å². The average Bonchev–Trinajstić information content (AvgIpc) is 2.79. The largest absolute Gasteiger partial charge is 0.500 e. The first-order chi connectivity index (χ1) is 16.4. The molecule has 0 aliphatic heterocycles. The summed E-state index contributed by atoms with van der Waals surface area (Å²) >= 11 is 0. The maximum atomic E-state index is 11.8. The van der Waals surface area contributed by atoms with Gasteiger partial charge >= 0.3 is 29.7 Å². The molecule has 2 N–H and O–H groups in total. The Morgan fingerprint density at radius 1 is 0.559 bits per heavy atom. The fraction of sp³-hybridized carbons (Fsp3) is 0.900. The zero-order chi connectivity index (χ0) is 25.7. The second-order valence-corrected chi connectivity index (χ2v) is 12.3. The molecule has 0 rings (SSSR count). The van der Waals surface area contributed by atoms with E-state index in [9.17, 15) is 9.59 Å². The zero-order valence-corrected chi connectivity index (χ0v) is 23.6. The van der Waals surface area contributed by atoms with Crippen LogP contribution in [-0.2, 0) is 26.6 Å². The number of azo groups is 1. The van der Waals surface area contributed by atoms with Gasteiger partial charge in [0.05, 0.1) is 0 Å². The normalized spacial score (nSPS) is 12.3. The summed E-state index contributed by atoms with van der Waals surface area (Å²) in [5, 5.41) is 12.0. The number of nitrogens with zero attached hydrogens (tertiary/aromatic N) is 2. The second kappa shape index (κ2) is 20.0. The highest BCUT2D eigenvalue weighted by molar-refractivity contribution is 6.61. The Morgan fingerprint density at radius 2 is 0.824 bits per heavy atom. The molecule has 0 radical (unpaired) electrons. The molecule has 0 aromatic heterocycles. The molecule has 0 aromatic carbocycles. The van der Waals surface area contributed by atoms with Crippen LogP contribution in [-0.4, -0.2) is 82.4 Å². The quantitative estimate of drug-likeness (QED) is 0.140. The van der Waals surface area contributed by atoms with Crippen molar-refractivity contribution >= 4 is 29.7 Å². The summed E-state index contributed by atoms with van der Waals surface area (Å²) in [7, 11) is -5.49. The lowest BCUT2D eigenvalue weighted by Crippen LogP contribution is -2.46. The van der Waals surface area contributed by atoms with Gasteiger partial charge in [0.25, 0.3) is 0 Å². The van der Waals surface area contributed by atoms with Crippen LogP contribution in [0.2, 0.25) is 12.1 Å². The van der Waals surface area contributed by atoms with Crippen molar-refractivity contribution in [1.29, 1.82) is 0 Å². The molecular weight excluding hydrogens is 480 g/mol. The zero-order valence-electron chi connectivity index (χ0n) is 21.6. The molecule has 0 aliphatic rings. The Hall–Kier alpha value is -1.27. The molecule has 4 amide bonds. The summed E-state index contributed by atoms with van der Waals surface area (Å²) in [5.74, 6) is 0. The number of carbonyl (C=O) groups is 2. The standard InChI is InChI=1S/C20H44N4O8Si2/c1-7-27-33(28-8-2,29-9-3)17-13-15-21-19(25)23-24-20(26)22-16-14-18-34(30-10-4,31-11-5)32-12-6/h7-18H2,1-6H3,(H,21,25)(H,22,26). The van der Waals surface area contributed by atoms with Gasteiger partial charge in [-0.1, -0.05) is 10.2 Å². The number of urea groups is 2. The van der Waals surface area contributed by atoms with Gasteiger partial charge in [-0.15, -0.1) is 0 Å². The van der Waals surface area contributed by atoms with Crippen LogP contribution in [0.3, 0.4) is 0 Å². The Bertz CT molecular complexity index is 505. The molecule has 200 valence electrons. The molecule has 0 saturated heterocycles. The molecule has 0 aromatic rings. The van der Waals surface area contributed by atoms with Crippen molar-refractivity contribution in [3.05, 3.63) is 0 Å². The van der Waals surface area contributed by atoms with Crippen molar-refractivity contribution in [3.8, 4) is 0 Å². The predicted molar refractivity (Wildman–Crippen MR) is 132 cm³/mol. The molecule has 0 saturated carbocycles. The van der Waals surface area contributed by atoms with E-state index in [2.05, 4.69) is 20.9 Å². The first kappa shape index (κ1) is 32.7. The minimum Gasteiger partial charge on any atom is -0.374 e. The van der Waals surface area contributed by atoms with Gasteiger partial charge in [0.2, 0.25) is 0 Å². The summed E-state index contributed by atoms with van der Waals surface area (Å²) in [6, 6.07) is -0.253. The molecule has 0 unspecified atom stereocenters.